The van der Waals surface area contributed by atoms with E-state index in [4.69, 9.17) is 9.15 Å². The van der Waals surface area contributed by atoms with E-state index in [1.807, 2.05) is 31.1 Å². The Hall–Kier alpha value is -4.51. The standard InChI is InChI=1S/C29H21F3N2O3/c1-34(2)19-8-10-21-17(15-33)12-24-27(35)22-11-9-20(36-3)14-25(22)37-28(24)26(23(21)13-19)16-4-6-18(7-5-16)29(30,31)32/h4-14,26H,1-3H3. The highest BCUT2D eigenvalue weighted by atomic mass is 19.4. The van der Waals surface area contributed by atoms with Gasteiger partial charge in [-0.1, -0.05) is 18.2 Å². The van der Waals surface area contributed by atoms with E-state index in [1.54, 1.807) is 24.3 Å². The number of alkyl halides is 3. The number of rotatable bonds is 3. The minimum absolute atomic E-state index is 0.182. The molecule has 0 saturated heterocycles. The molecule has 186 valence electrons. The largest absolute Gasteiger partial charge is 0.497 e. The Balaban J connectivity index is 1.88. The van der Waals surface area contributed by atoms with Crippen LogP contribution in [0.2, 0.25) is 0 Å². The molecule has 37 heavy (non-hydrogen) atoms. The Morgan fingerprint density at radius 1 is 1.03 bits per heavy atom. The maximum absolute atomic E-state index is 13.7. The Kier molecular flexibility index (Phi) is 5.79. The molecule has 0 N–H and O–H groups in total. The fourth-order valence-corrected chi connectivity index (χ4v) is 4.65. The van der Waals surface area contributed by atoms with Crippen LogP contribution in [0.5, 0.6) is 5.75 Å². The molecule has 0 saturated carbocycles. The summed E-state index contributed by atoms with van der Waals surface area (Å²) >= 11 is 0. The minimum atomic E-state index is -4.50. The average molecular weight is 502 g/mol. The molecule has 8 heteroatoms. The Morgan fingerprint density at radius 2 is 1.76 bits per heavy atom. The molecule has 0 aliphatic heterocycles. The Labute approximate surface area is 210 Å². The fraction of sp³-hybridized carbons (Fsp3) is 0.172. The third kappa shape index (κ3) is 4.12. The molecule has 5 nitrogen and oxygen atoms in total. The average Bonchev–Trinajstić information content (AvgIpc) is 3.02. The van der Waals surface area contributed by atoms with Gasteiger partial charge in [-0.25, -0.2) is 0 Å². The van der Waals surface area contributed by atoms with Crippen LogP contribution in [0.15, 0.2) is 69.9 Å². The van der Waals surface area contributed by atoms with E-state index in [-0.39, 0.29) is 27.9 Å². The molecule has 1 aromatic heterocycles. The zero-order valence-corrected chi connectivity index (χ0v) is 20.2. The van der Waals surface area contributed by atoms with Crippen molar-refractivity contribution in [1.29, 1.82) is 5.26 Å². The second kappa shape index (κ2) is 8.86. The number of methoxy groups -OCH3 is 1. The lowest BCUT2D eigenvalue weighted by Gasteiger charge is -2.23. The SMILES string of the molecule is COc1ccc2c(=O)c3c(oc2c1)C(c1ccc(C(F)(F)F)cc1)c1cc(N(C)C)ccc1C(C#N)=C3. The van der Waals surface area contributed by atoms with Crippen LogP contribution < -0.4 is 15.1 Å². The first-order chi connectivity index (χ1) is 17.6. The van der Waals surface area contributed by atoms with Gasteiger partial charge in [-0.2, -0.15) is 18.4 Å². The molecule has 0 bridgehead atoms. The maximum Gasteiger partial charge on any atom is 0.416 e. The summed E-state index contributed by atoms with van der Waals surface area (Å²) in [5.41, 5.74) is 2.12. The number of allylic oxidation sites excluding steroid dienone is 1. The first-order valence-electron chi connectivity index (χ1n) is 11.4. The topological polar surface area (TPSA) is 66.5 Å². The van der Waals surface area contributed by atoms with Gasteiger partial charge in [0.25, 0.3) is 0 Å². The molecule has 1 aliphatic rings. The van der Waals surface area contributed by atoms with E-state index in [1.165, 1.54) is 25.3 Å². The van der Waals surface area contributed by atoms with Crippen molar-refractivity contribution < 1.29 is 22.3 Å². The van der Waals surface area contributed by atoms with Crippen LogP contribution in [0.4, 0.5) is 18.9 Å². The van der Waals surface area contributed by atoms with Crippen LogP contribution in [0.1, 0.15) is 39.5 Å². The van der Waals surface area contributed by atoms with E-state index >= 15 is 0 Å². The first kappa shape index (κ1) is 24.2. The highest BCUT2D eigenvalue weighted by molar-refractivity contribution is 5.95. The zero-order valence-electron chi connectivity index (χ0n) is 20.2. The second-order valence-corrected chi connectivity index (χ2v) is 8.96. The monoisotopic (exact) mass is 502 g/mol. The second-order valence-electron chi connectivity index (χ2n) is 8.96. The van der Waals surface area contributed by atoms with Crippen molar-refractivity contribution in [2.24, 2.45) is 0 Å². The van der Waals surface area contributed by atoms with Gasteiger partial charge >= 0.3 is 6.18 Å². The van der Waals surface area contributed by atoms with Crippen molar-refractivity contribution in [2.45, 2.75) is 12.1 Å². The maximum atomic E-state index is 13.7. The zero-order chi connectivity index (χ0) is 26.5. The normalized spacial score (nSPS) is 14.7. The summed E-state index contributed by atoms with van der Waals surface area (Å²) in [6.45, 7) is 0. The van der Waals surface area contributed by atoms with E-state index in [0.717, 1.165) is 17.8 Å². The van der Waals surface area contributed by atoms with E-state index in [9.17, 15) is 23.2 Å². The third-order valence-corrected chi connectivity index (χ3v) is 6.56. The summed E-state index contributed by atoms with van der Waals surface area (Å²) in [7, 11) is 5.22. The Bertz CT molecular complexity index is 1660. The predicted octanol–water partition coefficient (Wildman–Crippen LogP) is 6.44. The number of halogens is 3. The van der Waals surface area contributed by atoms with E-state index in [0.29, 0.717) is 27.8 Å². The fourth-order valence-electron chi connectivity index (χ4n) is 4.65. The molecule has 0 fully saturated rings. The number of hydrogen-bond donors (Lipinski definition) is 0. The molecule has 0 spiro atoms. The molecule has 3 aromatic carbocycles. The summed E-state index contributed by atoms with van der Waals surface area (Å²) in [6, 6.07) is 17.3. The van der Waals surface area contributed by atoms with Gasteiger partial charge in [0.1, 0.15) is 17.1 Å². The lowest BCUT2D eigenvalue weighted by atomic mass is 9.84. The lowest BCUT2D eigenvalue weighted by Crippen LogP contribution is -2.15. The molecule has 1 unspecified atom stereocenters. The smallest absolute Gasteiger partial charge is 0.416 e. The number of fused-ring (bicyclic) bond motifs is 3. The van der Waals surface area contributed by atoms with Gasteiger partial charge in [-0.3, -0.25) is 4.79 Å². The number of anilines is 1. The van der Waals surface area contributed by atoms with Crippen molar-refractivity contribution in [2.75, 3.05) is 26.1 Å². The van der Waals surface area contributed by atoms with Gasteiger partial charge in [0.2, 0.25) is 0 Å². The molecule has 1 heterocycles. The van der Waals surface area contributed by atoms with Crippen molar-refractivity contribution in [3.63, 3.8) is 0 Å². The number of hydrogen-bond acceptors (Lipinski definition) is 5. The van der Waals surface area contributed by atoms with Crippen molar-refractivity contribution >= 4 is 28.3 Å². The summed E-state index contributed by atoms with van der Waals surface area (Å²) in [6.07, 6.45) is -2.99. The minimum Gasteiger partial charge on any atom is -0.497 e. The number of benzene rings is 3. The van der Waals surface area contributed by atoms with Crippen LogP contribution in [0.25, 0.3) is 22.6 Å². The van der Waals surface area contributed by atoms with E-state index in [2.05, 4.69) is 6.07 Å². The van der Waals surface area contributed by atoms with Crippen LogP contribution in [-0.4, -0.2) is 21.2 Å². The molecule has 1 atom stereocenters. The molecular weight excluding hydrogens is 481 g/mol. The van der Waals surface area contributed by atoms with Gasteiger partial charge in [-0.05, 0) is 59.2 Å². The van der Waals surface area contributed by atoms with Gasteiger partial charge in [0.15, 0.2) is 5.43 Å². The molecule has 4 aromatic rings. The van der Waals surface area contributed by atoms with Gasteiger partial charge < -0.3 is 14.1 Å². The quantitative estimate of drug-likeness (QED) is 0.322. The number of nitriles is 1. The van der Waals surface area contributed by atoms with Gasteiger partial charge in [0, 0.05) is 25.8 Å². The van der Waals surface area contributed by atoms with Crippen molar-refractivity contribution in [3.05, 3.63) is 104 Å². The molecule has 0 radical (unpaired) electrons. The van der Waals surface area contributed by atoms with Crippen molar-refractivity contribution in [3.8, 4) is 11.8 Å². The summed E-state index contributed by atoms with van der Waals surface area (Å²) in [5.74, 6) is -0.0237. The van der Waals surface area contributed by atoms with Crippen LogP contribution in [0, 0.1) is 11.3 Å². The summed E-state index contributed by atoms with van der Waals surface area (Å²) < 4.78 is 51.6. The highest BCUT2D eigenvalue weighted by Gasteiger charge is 2.33. The summed E-state index contributed by atoms with van der Waals surface area (Å²) in [4.78, 5) is 15.5. The van der Waals surface area contributed by atoms with Crippen LogP contribution in [-0.2, 0) is 6.18 Å². The van der Waals surface area contributed by atoms with Gasteiger partial charge in [0.05, 0.1) is 41.2 Å². The van der Waals surface area contributed by atoms with Crippen molar-refractivity contribution in [1.82, 2.24) is 0 Å². The molecule has 0 amide bonds. The lowest BCUT2D eigenvalue weighted by molar-refractivity contribution is -0.137. The number of ether oxygens (including phenoxy) is 1. The van der Waals surface area contributed by atoms with Gasteiger partial charge in [-0.15, -0.1) is 0 Å². The van der Waals surface area contributed by atoms with E-state index < -0.39 is 17.7 Å². The third-order valence-electron chi connectivity index (χ3n) is 6.56. The molecule has 1 aliphatic carbocycles. The first-order valence-corrected chi connectivity index (χ1v) is 11.4. The van der Waals surface area contributed by atoms with Crippen LogP contribution in [0.3, 0.4) is 0 Å². The Morgan fingerprint density at radius 3 is 2.38 bits per heavy atom. The molecular formula is C29H21F3N2O3. The predicted molar refractivity (Wildman–Crippen MR) is 136 cm³/mol. The summed E-state index contributed by atoms with van der Waals surface area (Å²) in [5, 5.41) is 10.3. The number of nitrogens with zero attached hydrogens (tertiary/aromatic N) is 2. The molecule has 5 rings (SSSR count). The van der Waals surface area contributed by atoms with Crippen LogP contribution >= 0.6 is 0 Å². The highest BCUT2D eigenvalue weighted by Crippen LogP contribution is 2.43.